The molecule has 1 amide bonds. The number of carbonyl (C=O) groups excluding carboxylic acids is 1. The van der Waals surface area contributed by atoms with E-state index in [-0.39, 0.29) is 18.7 Å². The van der Waals surface area contributed by atoms with E-state index in [0.717, 1.165) is 47.8 Å². The molecule has 2 aliphatic heterocycles. The van der Waals surface area contributed by atoms with Crippen molar-refractivity contribution < 1.29 is 14.3 Å². The molecule has 7 nitrogen and oxygen atoms in total. The average Bonchev–Trinajstić information content (AvgIpc) is 3.48. The van der Waals surface area contributed by atoms with E-state index in [1.54, 1.807) is 11.3 Å². The van der Waals surface area contributed by atoms with Gasteiger partial charge >= 0.3 is 0 Å². The van der Waals surface area contributed by atoms with Crippen LogP contribution in [0.4, 0.5) is 5.69 Å². The first-order valence-electron chi connectivity index (χ1n) is 9.30. The first-order chi connectivity index (χ1) is 13.8. The minimum atomic E-state index is -0.00818. The predicted molar refractivity (Wildman–Crippen MR) is 107 cm³/mol. The van der Waals surface area contributed by atoms with Gasteiger partial charge in [0.25, 0.3) is 5.91 Å². The Bertz CT molecular complexity index is 985. The average molecular weight is 396 g/mol. The highest BCUT2D eigenvalue weighted by molar-refractivity contribution is 7.08. The molecule has 0 aliphatic carbocycles. The summed E-state index contributed by atoms with van der Waals surface area (Å²) >= 11 is 1.61. The number of nitrogens with one attached hydrogen (secondary N) is 2. The van der Waals surface area contributed by atoms with Gasteiger partial charge in [0.1, 0.15) is 5.69 Å². The zero-order chi connectivity index (χ0) is 18.9. The SMILES string of the molecule is O=C(c1cc(-c2ccsc2)n[nH]1)N1CCCC(Nc2ccc3c(c2)OCO3)C1. The number of hydrogen-bond donors (Lipinski definition) is 2. The third kappa shape index (κ3) is 3.31. The van der Waals surface area contributed by atoms with Gasteiger partial charge in [0.05, 0.1) is 5.69 Å². The van der Waals surface area contributed by atoms with Gasteiger partial charge in [-0.2, -0.15) is 16.4 Å². The quantitative estimate of drug-likeness (QED) is 0.705. The Morgan fingerprint density at radius 1 is 1.25 bits per heavy atom. The number of fused-ring (bicyclic) bond motifs is 1. The van der Waals surface area contributed by atoms with Gasteiger partial charge in [0.2, 0.25) is 6.79 Å². The molecule has 1 unspecified atom stereocenters. The maximum Gasteiger partial charge on any atom is 0.271 e. The molecule has 3 aromatic rings. The molecule has 8 heteroatoms. The molecule has 0 saturated carbocycles. The fourth-order valence-electron chi connectivity index (χ4n) is 3.66. The standard InChI is InChI=1S/C20H20N4O3S/c25-20(17-9-16(22-23-17)13-5-7-28-11-13)24-6-1-2-15(10-24)21-14-3-4-18-19(8-14)27-12-26-18/h3-5,7-9,11,15,21H,1-2,6,10,12H2,(H,22,23). The number of benzene rings is 1. The number of rotatable bonds is 4. The van der Waals surface area contributed by atoms with Crippen molar-refractivity contribution in [1.82, 2.24) is 15.1 Å². The molecular formula is C20H20N4O3S. The Kier molecular flexibility index (Phi) is 4.40. The summed E-state index contributed by atoms with van der Waals surface area (Å²) in [5.41, 5.74) is 3.34. The van der Waals surface area contributed by atoms with Crippen LogP contribution in [0.5, 0.6) is 11.5 Å². The Hall–Kier alpha value is -3.00. The molecule has 1 saturated heterocycles. The van der Waals surface area contributed by atoms with Gasteiger partial charge in [-0.1, -0.05) is 0 Å². The topological polar surface area (TPSA) is 79.5 Å². The van der Waals surface area contributed by atoms with E-state index >= 15 is 0 Å². The summed E-state index contributed by atoms with van der Waals surface area (Å²) in [6.07, 6.45) is 1.97. The van der Waals surface area contributed by atoms with E-state index in [1.165, 1.54) is 0 Å². The highest BCUT2D eigenvalue weighted by Crippen LogP contribution is 2.34. The number of hydrogen-bond acceptors (Lipinski definition) is 6. The number of H-pyrrole nitrogens is 1. The van der Waals surface area contributed by atoms with Crippen molar-refractivity contribution in [2.45, 2.75) is 18.9 Å². The second kappa shape index (κ2) is 7.20. The Balaban J connectivity index is 1.26. The summed E-state index contributed by atoms with van der Waals surface area (Å²) in [7, 11) is 0. The molecule has 144 valence electrons. The number of thiophene rings is 1. The van der Waals surface area contributed by atoms with Crippen molar-refractivity contribution >= 4 is 22.9 Å². The van der Waals surface area contributed by atoms with Crippen LogP contribution in [0, 0.1) is 0 Å². The van der Waals surface area contributed by atoms with Gasteiger partial charge in [-0.05, 0) is 42.5 Å². The van der Waals surface area contributed by atoms with Gasteiger partial charge in [-0.3, -0.25) is 9.89 Å². The van der Waals surface area contributed by atoms with Gasteiger partial charge in [-0.25, -0.2) is 0 Å². The van der Waals surface area contributed by atoms with Crippen molar-refractivity contribution in [2.75, 3.05) is 25.2 Å². The summed E-state index contributed by atoms with van der Waals surface area (Å²) in [4.78, 5) is 14.8. The Morgan fingerprint density at radius 3 is 3.07 bits per heavy atom. The summed E-state index contributed by atoms with van der Waals surface area (Å²) < 4.78 is 10.8. The Morgan fingerprint density at radius 2 is 2.18 bits per heavy atom. The number of amides is 1. The largest absolute Gasteiger partial charge is 0.454 e. The van der Waals surface area contributed by atoms with Crippen LogP contribution in [0.3, 0.4) is 0 Å². The minimum absolute atomic E-state index is 0.00818. The molecule has 2 aromatic heterocycles. The third-order valence-electron chi connectivity index (χ3n) is 5.08. The second-order valence-corrected chi connectivity index (χ2v) is 7.76. The lowest BCUT2D eigenvalue weighted by atomic mass is 10.0. The zero-order valence-electron chi connectivity index (χ0n) is 15.2. The first kappa shape index (κ1) is 17.1. The van der Waals surface area contributed by atoms with E-state index < -0.39 is 0 Å². The maximum atomic E-state index is 12.9. The van der Waals surface area contributed by atoms with Gasteiger partial charge in [0.15, 0.2) is 11.5 Å². The molecule has 28 heavy (non-hydrogen) atoms. The van der Waals surface area contributed by atoms with E-state index in [2.05, 4.69) is 15.5 Å². The van der Waals surface area contributed by atoms with Crippen molar-refractivity contribution in [3.63, 3.8) is 0 Å². The maximum absolute atomic E-state index is 12.9. The first-order valence-corrected chi connectivity index (χ1v) is 10.2. The lowest BCUT2D eigenvalue weighted by Crippen LogP contribution is -2.45. The van der Waals surface area contributed by atoms with Crippen LogP contribution in [0.2, 0.25) is 0 Å². The monoisotopic (exact) mass is 396 g/mol. The highest BCUT2D eigenvalue weighted by atomic mass is 32.1. The molecule has 2 N–H and O–H groups in total. The van der Waals surface area contributed by atoms with Crippen LogP contribution in [0.1, 0.15) is 23.3 Å². The number of likely N-dealkylation sites (tertiary alicyclic amines) is 1. The van der Waals surface area contributed by atoms with Crippen LogP contribution >= 0.6 is 11.3 Å². The number of piperidine rings is 1. The minimum Gasteiger partial charge on any atom is -0.454 e. The van der Waals surface area contributed by atoms with E-state index in [1.807, 2.05) is 46.0 Å². The molecule has 1 atom stereocenters. The molecule has 1 fully saturated rings. The third-order valence-corrected chi connectivity index (χ3v) is 5.76. The molecule has 0 spiro atoms. The normalized spacial score (nSPS) is 18.3. The summed E-state index contributed by atoms with van der Waals surface area (Å²) in [6, 6.07) is 9.87. The smallest absolute Gasteiger partial charge is 0.271 e. The Labute approximate surface area is 166 Å². The van der Waals surface area contributed by atoms with Crippen molar-refractivity contribution in [3.8, 4) is 22.8 Å². The lowest BCUT2D eigenvalue weighted by molar-refractivity contribution is 0.0709. The van der Waals surface area contributed by atoms with Gasteiger partial charge in [0, 0.05) is 41.8 Å². The molecule has 0 radical (unpaired) electrons. The molecule has 0 bridgehead atoms. The summed E-state index contributed by atoms with van der Waals surface area (Å²) in [5.74, 6) is 1.52. The molecular weight excluding hydrogens is 376 g/mol. The fourth-order valence-corrected chi connectivity index (χ4v) is 4.31. The number of aromatic nitrogens is 2. The molecule has 5 rings (SSSR count). The lowest BCUT2D eigenvalue weighted by Gasteiger charge is -2.33. The summed E-state index contributed by atoms with van der Waals surface area (Å²) in [6.45, 7) is 1.67. The number of anilines is 1. The summed E-state index contributed by atoms with van der Waals surface area (Å²) in [5, 5.41) is 14.7. The van der Waals surface area contributed by atoms with Crippen molar-refractivity contribution in [2.24, 2.45) is 0 Å². The molecule has 1 aromatic carbocycles. The van der Waals surface area contributed by atoms with Crippen LogP contribution < -0.4 is 14.8 Å². The van der Waals surface area contributed by atoms with Gasteiger partial charge in [-0.15, -0.1) is 0 Å². The fraction of sp³-hybridized carbons (Fsp3) is 0.300. The zero-order valence-corrected chi connectivity index (χ0v) is 16.0. The van der Waals surface area contributed by atoms with Crippen LogP contribution in [0.15, 0.2) is 41.1 Å². The van der Waals surface area contributed by atoms with E-state index in [4.69, 9.17) is 9.47 Å². The van der Waals surface area contributed by atoms with Crippen LogP contribution in [0.25, 0.3) is 11.3 Å². The van der Waals surface area contributed by atoms with Crippen LogP contribution in [-0.2, 0) is 0 Å². The number of nitrogens with zero attached hydrogens (tertiary/aromatic N) is 2. The van der Waals surface area contributed by atoms with Crippen molar-refractivity contribution in [3.05, 3.63) is 46.8 Å². The second-order valence-electron chi connectivity index (χ2n) is 6.98. The predicted octanol–water partition coefficient (Wildman–Crippen LogP) is 3.58. The van der Waals surface area contributed by atoms with Gasteiger partial charge < -0.3 is 19.7 Å². The molecule has 2 aliphatic rings. The highest BCUT2D eigenvalue weighted by Gasteiger charge is 2.26. The van der Waals surface area contributed by atoms with E-state index in [0.29, 0.717) is 12.2 Å². The number of aromatic amines is 1. The molecule has 4 heterocycles. The number of ether oxygens (including phenoxy) is 2. The van der Waals surface area contributed by atoms with E-state index in [9.17, 15) is 4.79 Å². The van der Waals surface area contributed by atoms with Crippen LogP contribution in [-0.4, -0.2) is 46.9 Å². The number of carbonyl (C=O) groups is 1. The van der Waals surface area contributed by atoms with Crippen molar-refractivity contribution in [1.29, 1.82) is 0 Å².